The molecule has 2 aromatic rings. The Bertz CT molecular complexity index is 759. The molecule has 1 aliphatic rings. The van der Waals surface area contributed by atoms with Crippen LogP contribution in [0.2, 0.25) is 0 Å². The van der Waals surface area contributed by atoms with Crippen LogP contribution in [-0.2, 0) is 6.42 Å². The maximum absolute atomic E-state index is 4.75. The van der Waals surface area contributed by atoms with Gasteiger partial charge in [0.25, 0.3) is 0 Å². The van der Waals surface area contributed by atoms with Crippen LogP contribution in [0.25, 0.3) is 0 Å². The molecule has 1 saturated heterocycles. The topological polar surface area (TPSA) is 52.6 Å². The summed E-state index contributed by atoms with van der Waals surface area (Å²) in [4.78, 5) is 11.5. The van der Waals surface area contributed by atoms with Gasteiger partial charge in [-0.2, -0.15) is 0 Å². The fraction of sp³-hybridized carbons (Fsp3) is 0.429. The highest BCUT2D eigenvalue weighted by Crippen LogP contribution is 2.28. The largest absolute Gasteiger partial charge is 0.368 e. The molecule has 2 heterocycles. The number of halogens is 1. The van der Waals surface area contributed by atoms with Crippen LogP contribution < -0.4 is 15.5 Å². The molecule has 2 N–H and O–H groups in total. The lowest BCUT2D eigenvalue weighted by Gasteiger charge is -2.21. The van der Waals surface area contributed by atoms with E-state index in [2.05, 4.69) is 79.8 Å². The highest BCUT2D eigenvalue weighted by atomic mass is 79.9. The first-order valence-electron chi connectivity index (χ1n) is 9.61. The summed E-state index contributed by atoms with van der Waals surface area (Å²) in [6.07, 6.45) is 3.95. The van der Waals surface area contributed by atoms with Gasteiger partial charge < -0.3 is 15.5 Å². The standard InChI is InChI=1S/C21H28BrN5/c1-3-23-21(24-12-10-17-9-8-16(2)25-14-17)26-18-11-13-27(15-18)20-7-5-4-6-19(20)22/h4-9,14,18H,3,10-13,15H2,1-2H3,(H2,23,24,26). The first-order chi connectivity index (χ1) is 13.2. The number of nitrogens with one attached hydrogen (secondary N) is 2. The van der Waals surface area contributed by atoms with E-state index in [0.717, 1.165) is 55.1 Å². The van der Waals surface area contributed by atoms with E-state index in [0.29, 0.717) is 6.04 Å². The highest BCUT2D eigenvalue weighted by molar-refractivity contribution is 9.10. The summed E-state index contributed by atoms with van der Waals surface area (Å²) in [6.45, 7) is 7.75. The Hall–Kier alpha value is -2.08. The van der Waals surface area contributed by atoms with Crippen molar-refractivity contribution in [3.05, 3.63) is 58.3 Å². The Morgan fingerprint density at radius 3 is 2.89 bits per heavy atom. The summed E-state index contributed by atoms with van der Waals surface area (Å²) in [5.41, 5.74) is 3.53. The Kier molecular flexibility index (Phi) is 7.10. The third-order valence-corrected chi connectivity index (χ3v) is 5.38. The van der Waals surface area contributed by atoms with Crippen molar-refractivity contribution >= 4 is 27.6 Å². The van der Waals surface area contributed by atoms with Gasteiger partial charge in [0, 0.05) is 48.6 Å². The summed E-state index contributed by atoms with van der Waals surface area (Å²) in [5.74, 6) is 0.900. The van der Waals surface area contributed by atoms with Crippen LogP contribution in [0.5, 0.6) is 0 Å². The zero-order valence-electron chi connectivity index (χ0n) is 16.1. The molecule has 0 aliphatic carbocycles. The minimum absolute atomic E-state index is 0.399. The molecule has 144 valence electrons. The Morgan fingerprint density at radius 1 is 1.30 bits per heavy atom. The second-order valence-electron chi connectivity index (χ2n) is 6.85. The lowest BCUT2D eigenvalue weighted by Crippen LogP contribution is -2.44. The highest BCUT2D eigenvalue weighted by Gasteiger charge is 2.24. The monoisotopic (exact) mass is 429 g/mol. The SMILES string of the molecule is CCNC(=NCCc1ccc(C)nc1)NC1CCN(c2ccccc2Br)C1. The van der Waals surface area contributed by atoms with Gasteiger partial charge in [0.15, 0.2) is 5.96 Å². The number of pyridine rings is 1. The molecule has 5 nitrogen and oxygen atoms in total. The predicted octanol–water partition coefficient (Wildman–Crippen LogP) is 3.53. The van der Waals surface area contributed by atoms with Crippen molar-refractivity contribution in [2.45, 2.75) is 32.7 Å². The van der Waals surface area contributed by atoms with Crippen LogP contribution in [0.3, 0.4) is 0 Å². The van der Waals surface area contributed by atoms with Crippen molar-refractivity contribution < 1.29 is 0 Å². The van der Waals surface area contributed by atoms with E-state index in [1.165, 1.54) is 11.3 Å². The molecule has 3 rings (SSSR count). The molecule has 1 atom stereocenters. The zero-order valence-corrected chi connectivity index (χ0v) is 17.7. The lowest BCUT2D eigenvalue weighted by molar-refractivity contribution is 0.649. The quantitative estimate of drug-likeness (QED) is 0.544. The number of benzene rings is 1. The summed E-state index contributed by atoms with van der Waals surface area (Å²) in [7, 11) is 0. The summed E-state index contributed by atoms with van der Waals surface area (Å²) >= 11 is 3.66. The number of anilines is 1. The first kappa shape index (κ1) is 19.7. The number of rotatable bonds is 6. The van der Waals surface area contributed by atoms with Crippen molar-refractivity contribution in [2.24, 2.45) is 4.99 Å². The van der Waals surface area contributed by atoms with Crippen LogP contribution >= 0.6 is 15.9 Å². The maximum Gasteiger partial charge on any atom is 0.191 e. The van der Waals surface area contributed by atoms with Gasteiger partial charge >= 0.3 is 0 Å². The summed E-state index contributed by atoms with van der Waals surface area (Å²) in [5, 5.41) is 6.96. The van der Waals surface area contributed by atoms with Gasteiger partial charge in [-0.15, -0.1) is 0 Å². The molecule has 0 bridgehead atoms. The van der Waals surface area contributed by atoms with Gasteiger partial charge in [-0.25, -0.2) is 0 Å². The van der Waals surface area contributed by atoms with Gasteiger partial charge in [0.05, 0.1) is 5.69 Å². The van der Waals surface area contributed by atoms with E-state index in [-0.39, 0.29) is 0 Å². The average Bonchev–Trinajstić information content (AvgIpc) is 3.12. The molecular formula is C21H28BrN5. The molecule has 1 aromatic heterocycles. The smallest absolute Gasteiger partial charge is 0.191 e. The predicted molar refractivity (Wildman–Crippen MR) is 117 cm³/mol. The molecule has 1 fully saturated rings. The van der Waals surface area contributed by atoms with E-state index < -0.39 is 0 Å². The number of aliphatic imine (C=N–C) groups is 1. The van der Waals surface area contributed by atoms with E-state index in [9.17, 15) is 0 Å². The minimum Gasteiger partial charge on any atom is -0.368 e. The zero-order chi connectivity index (χ0) is 19.1. The van der Waals surface area contributed by atoms with Crippen molar-refractivity contribution in [1.82, 2.24) is 15.6 Å². The van der Waals surface area contributed by atoms with Crippen molar-refractivity contribution in [3.63, 3.8) is 0 Å². The fourth-order valence-corrected chi connectivity index (χ4v) is 3.80. The number of aromatic nitrogens is 1. The third kappa shape index (κ3) is 5.70. The van der Waals surface area contributed by atoms with Gasteiger partial charge in [0.1, 0.15) is 0 Å². The van der Waals surface area contributed by atoms with Crippen molar-refractivity contribution in [1.29, 1.82) is 0 Å². The van der Waals surface area contributed by atoms with Gasteiger partial charge in [-0.1, -0.05) is 18.2 Å². The van der Waals surface area contributed by atoms with Gasteiger partial charge in [-0.05, 0) is 66.4 Å². The summed E-state index contributed by atoms with van der Waals surface area (Å²) in [6, 6.07) is 13.0. The van der Waals surface area contributed by atoms with Crippen LogP contribution in [0, 0.1) is 6.92 Å². The van der Waals surface area contributed by atoms with E-state index in [1.54, 1.807) is 0 Å². The molecular weight excluding hydrogens is 402 g/mol. The lowest BCUT2D eigenvalue weighted by atomic mass is 10.2. The summed E-state index contributed by atoms with van der Waals surface area (Å²) < 4.78 is 1.15. The van der Waals surface area contributed by atoms with E-state index in [4.69, 9.17) is 4.99 Å². The van der Waals surface area contributed by atoms with Crippen LogP contribution in [0.1, 0.15) is 24.6 Å². The molecule has 0 amide bonds. The third-order valence-electron chi connectivity index (χ3n) is 4.71. The normalized spacial score (nSPS) is 17.2. The van der Waals surface area contributed by atoms with Gasteiger partial charge in [0.2, 0.25) is 0 Å². The fourth-order valence-electron chi connectivity index (χ4n) is 3.26. The molecule has 1 aromatic carbocycles. The number of nitrogens with zero attached hydrogens (tertiary/aromatic N) is 3. The van der Waals surface area contributed by atoms with Crippen molar-refractivity contribution in [3.8, 4) is 0 Å². The molecule has 0 saturated carbocycles. The second kappa shape index (κ2) is 9.74. The Labute approximate surface area is 170 Å². The molecule has 0 radical (unpaired) electrons. The van der Waals surface area contributed by atoms with Crippen LogP contribution in [0.15, 0.2) is 52.1 Å². The second-order valence-corrected chi connectivity index (χ2v) is 7.70. The van der Waals surface area contributed by atoms with Crippen LogP contribution in [0.4, 0.5) is 5.69 Å². The molecule has 27 heavy (non-hydrogen) atoms. The number of aryl methyl sites for hydroxylation is 1. The number of guanidine groups is 1. The molecule has 1 aliphatic heterocycles. The Balaban J connectivity index is 1.54. The van der Waals surface area contributed by atoms with E-state index >= 15 is 0 Å². The number of hydrogen-bond acceptors (Lipinski definition) is 3. The van der Waals surface area contributed by atoms with Crippen molar-refractivity contribution in [2.75, 3.05) is 31.1 Å². The Morgan fingerprint density at radius 2 is 2.15 bits per heavy atom. The molecule has 1 unspecified atom stereocenters. The average molecular weight is 430 g/mol. The number of para-hydroxylation sites is 1. The molecule has 0 spiro atoms. The minimum atomic E-state index is 0.399. The number of hydrogen-bond donors (Lipinski definition) is 2. The van der Waals surface area contributed by atoms with Gasteiger partial charge in [-0.3, -0.25) is 9.98 Å². The first-order valence-corrected chi connectivity index (χ1v) is 10.4. The van der Waals surface area contributed by atoms with E-state index in [1.807, 2.05) is 13.1 Å². The molecule has 6 heteroatoms. The maximum atomic E-state index is 4.75. The van der Waals surface area contributed by atoms with Crippen LogP contribution in [-0.4, -0.2) is 43.2 Å².